The van der Waals surface area contributed by atoms with Gasteiger partial charge in [-0.15, -0.1) is 0 Å². The minimum absolute atomic E-state index is 0.608. The van der Waals surface area contributed by atoms with E-state index in [1.807, 2.05) is 24.3 Å². The summed E-state index contributed by atoms with van der Waals surface area (Å²) in [5.74, 6) is 1.60. The molecule has 0 aliphatic carbocycles. The number of hydrogen-bond acceptors (Lipinski definition) is 4. The topological polar surface area (TPSA) is 33.7 Å². The number of likely N-dealkylation sites (tertiary alicyclic amines) is 1. The van der Waals surface area contributed by atoms with E-state index in [1.54, 1.807) is 7.11 Å². The molecule has 1 aliphatic heterocycles. The quantitative estimate of drug-likeness (QED) is 0.773. The lowest BCUT2D eigenvalue weighted by molar-refractivity contribution is 0.285. The van der Waals surface area contributed by atoms with Gasteiger partial charge in [0.25, 0.3) is 0 Å². The number of likely N-dealkylation sites (N-methyl/N-ethyl adjacent to an activating group) is 1. The average molecular weight is 250 g/mol. The summed E-state index contributed by atoms with van der Waals surface area (Å²) >= 11 is 0. The van der Waals surface area contributed by atoms with Crippen LogP contribution in [0.5, 0.6) is 11.5 Å². The highest BCUT2D eigenvalue weighted by atomic mass is 16.5. The molecule has 1 heterocycles. The van der Waals surface area contributed by atoms with Gasteiger partial charge in [0.1, 0.15) is 6.61 Å². The highest BCUT2D eigenvalue weighted by molar-refractivity contribution is 5.39. The van der Waals surface area contributed by atoms with Crippen molar-refractivity contribution in [3.63, 3.8) is 0 Å². The number of nitrogens with one attached hydrogen (secondary N) is 1. The Morgan fingerprint density at radius 1 is 1.33 bits per heavy atom. The first-order valence-electron chi connectivity index (χ1n) is 6.47. The van der Waals surface area contributed by atoms with Gasteiger partial charge in [-0.3, -0.25) is 0 Å². The second-order valence-corrected chi connectivity index (χ2v) is 4.70. The molecule has 1 unspecified atom stereocenters. The van der Waals surface area contributed by atoms with Gasteiger partial charge in [-0.25, -0.2) is 0 Å². The Morgan fingerprint density at radius 2 is 2.11 bits per heavy atom. The number of para-hydroxylation sites is 2. The number of hydrogen-bond donors (Lipinski definition) is 1. The number of rotatable bonds is 6. The maximum absolute atomic E-state index is 5.71. The highest BCUT2D eigenvalue weighted by Gasteiger charge is 2.18. The monoisotopic (exact) mass is 250 g/mol. The molecule has 1 aliphatic rings. The molecule has 1 fully saturated rings. The van der Waals surface area contributed by atoms with E-state index in [9.17, 15) is 0 Å². The zero-order chi connectivity index (χ0) is 12.8. The van der Waals surface area contributed by atoms with E-state index in [1.165, 1.54) is 13.0 Å². The fourth-order valence-electron chi connectivity index (χ4n) is 2.26. The van der Waals surface area contributed by atoms with Crippen LogP contribution in [0.3, 0.4) is 0 Å². The predicted octanol–water partition coefficient (Wildman–Crippen LogP) is 1.37. The van der Waals surface area contributed by atoms with Gasteiger partial charge in [0.15, 0.2) is 11.5 Å². The minimum atomic E-state index is 0.608. The van der Waals surface area contributed by atoms with E-state index in [0.29, 0.717) is 12.6 Å². The maximum Gasteiger partial charge on any atom is 0.161 e. The van der Waals surface area contributed by atoms with Crippen molar-refractivity contribution in [2.45, 2.75) is 12.5 Å². The van der Waals surface area contributed by atoms with Crippen LogP contribution in [-0.4, -0.2) is 51.3 Å². The van der Waals surface area contributed by atoms with Crippen LogP contribution < -0.4 is 14.8 Å². The molecule has 1 atom stereocenters. The van der Waals surface area contributed by atoms with Crippen molar-refractivity contribution in [1.82, 2.24) is 10.2 Å². The van der Waals surface area contributed by atoms with Crippen molar-refractivity contribution >= 4 is 0 Å². The van der Waals surface area contributed by atoms with Crippen molar-refractivity contribution in [3.8, 4) is 11.5 Å². The summed E-state index contributed by atoms with van der Waals surface area (Å²) in [4.78, 5) is 2.35. The molecule has 0 aromatic heterocycles. The van der Waals surface area contributed by atoms with Crippen LogP contribution in [0.25, 0.3) is 0 Å². The molecule has 0 saturated carbocycles. The van der Waals surface area contributed by atoms with E-state index in [2.05, 4.69) is 17.3 Å². The molecule has 4 nitrogen and oxygen atoms in total. The summed E-state index contributed by atoms with van der Waals surface area (Å²) in [5.41, 5.74) is 0. The van der Waals surface area contributed by atoms with Gasteiger partial charge in [0.2, 0.25) is 0 Å². The summed E-state index contributed by atoms with van der Waals surface area (Å²) in [6, 6.07) is 8.35. The summed E-state index contributed by atoms with van der Waals surface area (Å²) < 4.78 is 11.0. The van der Waals surface area contributed by atoms with Crippen LogP contribution in [0.1, 0.15) is 6.42 Å². The van der Waals surface area contributed by atoms with Crippen molar-refractivity contribution in [2.75, 3.05) is 40.4 Å². The lowest BCUT2D eigenvalue weighted by Gasteiger charge is -2.14. The molecular formula is C14H22N2O2. The van der Waals surface area contributed by atoms with Crippen molar-refractivity contribution in [2.24, 2.45) is 0 Å². The van der Waals surface area contributed by atoms with E-state index < -0.39 is 0 Å². The summed E-state index contributed by atoms with van der Waals surface area (Å²) in [6.07, 6.45) is 1.23. The van der Waals surface area contributed by atoms with Crippen LogP contribution in [0, 0.1) is 0 Å². The molecule has 0 radical (unpaired) electrons. The van der Waals surface area contributed by atoms with Crippen molar-refractivity contribution in [1.29, 1.82) is 0 Å². The van der Waals surface area contributed by atoms with Crippen LogP contribution in [0.4, 0.5) is 0 Å². The first kappa shape index (κ1) is 13.2. The van der Waals surface area contributed by atoms with Crippen LogP contribution >= 0.6 is 0 Å². The summed E-state index contributed by atoms with van der Waals surface area (Å²) in [6.45, 7) is 3.86. The Hall–Kier alpha value is -1.26. The maximum atomic E-state index is 5.71. The van der Waals surface area contributed by atoms with E-state index in [4.69, 9.17) is 9.47 Å². The molecule has 0 amide bonds. The molecule has 100 valence electrons. The Labute approximate surface area is 109 Å². The van der Waals surface area contributed by atoms with Crippen molar-refractivity contribution < 1.29 is 9.47 Å². The molecule has 1 N–H and O–H groups in total. The molecular weight excluding hydrogens is 228 g/mol. The molecule has 2 rings (SSSR count). The first-order chi connectivity index (χ1) is 8.79. The second kappa shape index (κ2) is 6.61. The van der Waals surface area contributed by atoms with Gasteiger partial charge in [0.05, 0.1) is 7.11 Å². The van der Waals surface area contributed by atoms with Gasteiger partial charge in [-0.05, 0) is 32.1 Å². The Kier molecular flexibility index (Phi) is 4.84. The summed E-state index contributed by atoms with van der Waals surface area (Å²) in [5, 5.41) is 3.51. The standard InChI is InChI=1S/C14H22N2O2/c1-16-9-7-12(11-16)15-8-10-18-14-6-4-3-5-13(14)17-2/h3-6,12,15H,7-11H2,1-2H3. The van der Waals surface area contributed by atoms with Crippen LogP contribution in [-0.2, 0) is 0 Å². The molecule has 0 spiro atoms. The highest BCUT2D eigenvalue weighted by Crippen LogP contribution is 2.25. The smallest absolute Gasteiger partial charge is 0.161 e. The van der Waals surface area contributed by atoms with E-state index >= 15 is 0 Å². The molecule has 1 saturated heterocycles. The average Bonchev–Trinajstić information content (AvgIpc) is 2.81. The zero-order valence-corrected chi connectivity index (χ0v) is 11.2. The Balaban J connectivity index is 1.69. The number of ether oxygens (including phenoxy) is 2. The number of benzene rings is 1. The Bertz CT molecular complexity index is 371. The molecule has 1 aromatic rings. The third kappa shape index (κ3) is 3.62. The van der Waals surface area contributed by atoms with E-state index in [-0.39, 0.29) is 0 Å². The third-order valence-corrected chi connectivity index (χ3v) is 3.25. The third-order valence-electron chi connectivity index (χ3n) is 3.25. The predicted molar refractivity (Wildman–Crippen MR) is 72.4 cm³/mol. The van der Waals surface area contributed by atoms with Gasteiger partial charge in [-0.2, -0.15) is 0 Å². The second-order valence-electron chi connectivity index (χ2n) is 4.70. The SMILES string of the molecule is COc1ccccc1OCCNC1CCN(C)C1. The normalized spacial score (nSPS) is 20.0. The fraction of sp³-hybridized carbons (Fsp3) is 0.571. The summed E-state index contributed by atoms with van der Waals surface area (Å²) in [7, 11) is 3.82. The van der Waals surface area contributed by atoms with Gasteiger partial charge < -0.3 is 19.7 Å². The van der Waals surface area contributed by atoms with Crippen LogP contribution in [0.15, 0.2) is 24.3 Å². The van der Waals surface area contributed by atoms with Crippen LogP contribution in [0.2, 0.25) is 0 Å². The van der Waals surface area contributed by atoms with Gasteiger partial charge in [0, 0.05) is 19.1 Å². The molecule has 18 heavy (non-hydrogen) atoms. The zero-order valence-electron chi connectivity index (χ0n) is 11.2. The van der Waals surface area contributed by atoms with Gasteiger partial charge in [-0.1, -0.05) is 12.1 Å². The fourth-order valence-corrected chi connectivity index (χ4v) is 2.26. The Morgan fingerprint density at radius 3 is 2.78 bits per heavy atom. The van der Waals surface area contributed by atoms with Crippen molar-refractivity contribution in [3.05, 3.63) is 24.3 Å². The number of nitrogens with zero attached hydrogens (tertiary/aromatic N) is 1. The molecule has 1 aromatic carbocycles. The van der Waals surface area contributed by atoms with E-state index in [0.717, 1.165) is 24.6 Å². The largest absolute Gasteiger partial charge is 0.493 e. The lowest BCUT2D eigenvalue weighted by Crippen LogP contribution is -2.34. The molecule has 4 heteroatoms. The first-order valence-corrected chi connectivity index (χ1v) is 6.47. The number of methoxy groups -OCH3 is 1. The molecule has 0 bridgehead atoms. The lowest BCUT2D eigenvalue weighted by atomic mass is 10.2. The minimum Gasteiger partial charge on any atom is -0.493 e. The van der Waals surface area contributed by atoms with Gasteiger partial charge >= 0.3 is 0 Å².